The Morgan fingerprint density at radius 1 is 1.40 bits per heavy atom. The second-order valence-electron chi connectivity index (χ2n) is 4.67. The number of anilines is 1. The Hall–Kier alpha value is -1.75. The van der Waals surface area contributed by atoms with Gasteiger partial charge in [-0.2, -0.15) is 0 Å². The molecule has 1 aromatic rings. The van der Waals surface area contributed by atoms with Gasteiger partial charge in [0.05, 0.1) is 12.8 Å². The number of rotatable bonds is 3. The molecule has 108 valence electrons. The van der Waals surface area contributed by atoms with Crippen LogP contribution in [-0.2, 0) is 9.59 Å². The summed E-state index contributed by atoms with van der Waals surface area (Å²) in [5.41, 5.74) is 0.519. The molecular weight excluding hydrogens is 280 g/mol. The van der Waals surface area contributed by atoms with E-state index >= 15 is 0 Å². The zero-order valence-corrected chi connectivity index (χ0v) is 12.4. The van der Waals surface area contributed by atoms with Gasteiger partial charge in [0.15, 0.2) is 0 Å². The van der Waals surface area contributed by atoms with Crippen LogP contribution in [0.4, 0.5) is 5.69 Å². The van der Waals surface area contributed by atoms with Crippen molar-refractivity contribution in [3.8, 4) is 5.75 Å². The van der Waals surface area contributed by atoms with Gasteiger partial charge in [-0.3, -0.25) is 14.5 Å². The van der Waals surface area contributed by atoms with Gasteiger partial charge in [-0.25, -0.2) is 0 Å². The molecule has 20 heavy (non-hydrogen) atoms. The maximum absolute atomic E-state index is 12.5. The fourth-order valence-electron chi connectivity index (χ4n) is 2.29. The number of methoxy groups -OCH3 is 1. The molecule has 2 rings (SSSR count). The van der Waals surface area contributed by atoms with Crippen LogP contribution in [0.15, 0.2) is 18.2 Å². The molecule has 2 unspecified atom stereocenters. The summed E-state index contributed by atoms with van der Waals surface area (Å²) in [4.78, 5) is 26.0. The minimum Gasteiger partial charge on any atom is -0.495 e. The predicted octanol–water partition coefficient (Wildman–Crippen LogP) is 1.98. The second-order valence-corrected chi connectivity index (χ2v) is 5.11. The van der Waals surface area contributed by atoms with Crippen molar-refractivity contribution in [2.24, 2.45) is 0 Å². The first-order valence-electron chi connectivity index (χ1n) is 6.46. The van der Waals surface area contributed by atoms with Crippen LogP contribution in [0.3, 0.4) is 0 Å². The third kappa shape index (κ3) is 2.45. The SMILES string of the molecule is CCC1NC(=O)C(C)N(c2cc(Cl)ccc2OC)C1=O. The molecule has 1 heterocycles. The first kappa shape index (κ1) is 14.7. The van der Waals surface area contributed by atoms with Crippen LogP contribution < -0.4 is 15.0 Å². The fraction of sp³-hybridized carbons (Fsp3) is 0.429. The van der Waals surface area contributed by atoms with Crippen molar-refractivity contribution in [2.75, 3.05) is 12.0 Å². The Labute approximate surface area is 122 Å². The molecule has 0 radical (unpaired) electrons. The third-order valence-electron chi connectivity index (χ3n) is 3.43. The maximum Gasteiger partial charge on any atom is 0.250 e. The number of piperazine rings is 1. The summed E-state index contributed by atoms with van der Waals surface area (Å²) in [6.45, 7) is 3.53. The number of nitrogens with one attached hydrogen (secondary N) is 1. The van der Waals surface area contributed by atoms with E-state index in [0.29, 0.717) is 22.9 Å². The molecular formula is C14H17ClN2O3. The summed E-state index contributed by atoms with van der Waals surface area (Å²) < 4.78 is 5.27. The van der Waals surface area contributed by atoms with Crippen molar-refractivity contribution in [3.05, 3.63) is 23.2 Å². The number of amides is 2. The van der Waals surface area contributed by atoms with Gasteiger partial charge in [-0.05, 0) is 31.5 Å². The van der Waals surface area contributed by atoms with Gasteiger partial charge in [-0.15, -0.1) is 0 Å². The quantitative estimate of drug-likeness (QED) is 0.928. The molecule has 2 amide bonds. The van der Waals surface area contributed by atoms with Crippen molar-refractivity contribution in [1.29, 1.82) is 0 Å². The van der Waals surface area contributed by atoms with E-state index in [2.05, 4.69) is 5.32 Å². The monoisotopic (exact) mass is 296 g/mol. The lowest BCUT2D eigenvalue weighted by Gasteiger charge is -2.37. The Kier molecular flexibility index (Phi) is 4.18. The number of nitrogens with zero attached hydrogens (tertiary/aromatic N) is 1. The van der Waals surface area contributed by atoms with Crippen molar-refractivity contribution in [3.63, 3.8) is 0 Å². The summed E-state index contributed by atoms with van der Waals surface area (Å²) in [5, 5.41) is 3.20. The van der Waals surface area contributed by atoms with Gasteiger partial charge < -0.3 is 10.1 Å². The molecule has 1 aromatic carbocycles. The largest absolute Gasteiger partial charge is 0.495 e. The van der Waals surface area contributed by atoms with E-state index in [1.165, 1.54) is 12.0 Å². The van der Waals surface area contributed by atoms with Crippen LogP contribution in [-0.4, -0.2) is 31.0 Å². The summed E-state index contributed by atoms with van der Waals surface area (Å²) in [7, 11) is 1.52. The smallest absolute Gasteiger partial charge is 0.250 e. The Balaban J connectivity index is 2.50. The van der Waals surface area contributed by atoms with Gasteiger partial charge in [0.2, 0.25) is 11.8 Å². The molecule has 0 aliphatic carbocycles. The topological polar surface area (TPSA) is 58.6 Å². The number of hydrogen-bond acceptors (Lipinski definition) is 3. The highest BCUT2D eigenvalue weighted by Crippen LogP contribution is 2.34. The third-order valence-corrected chi connectivity index (χ3v) is 3.66. The van der Waals surface area contributed by atoms with Gasteiger partial charge >= 0.3 is 0 Å². The highest BCUT2D eigenvalue weighted by Gasteiger charge is 2.39. The van der Waals surface area contributed by atoms with Crippen LogP contribution in [0.1, 0.15) is 20.3 Å². The van der Waals surface area contributed by atoms with Crippen LogP contribution in [0.2, 0.25) is 5.02 Å². The number of carbonyl (C=O) groups is 2. The van der Waals surface area contributed by atoms with E-state index < -0.39 is 12.1 Å². The van der Waals surface area contributed by atoms with Crippen molar-refractivity contribution < 1.29 is 14.3 Å². The van der Waals surface area contributed by atoms with E-state index in [1.54, 1.807) is 25.1 Å². The predicted molar refractivity (Wildman–Crippen MR) is 77.2 cm³/mol. The highest BCUT2D eigenvalue weighted by atomic mass is 35.5. The number of carbonyl (C=O) groups excluding carboxylic acids is 2. The average molecular weight is 297 g/mol. The molecule has 0 spiro atoms. The number of ether oxygens (including phenoxy) is 1. The number of halogens is 1. The van der Waals surface area contributed by atoms with E-state index in [4.69, 9.17) is 16.3 Å². The molecule has 1 aliphatic rings. The lowest BCUT2D eigenvalue weighted by molar-refractivity contribution is -0.133. The Morgan fingerprint density at radius 3 is 2.70 bits per heavy atom. The Bertz CT molecular complexity index is 547. The zero-order valence-electron chi connectivity index (χ0n) is 11.6. The molecule has 5 nitrogen and oxygen atoms in total. The molecule has 0 aromatic heterocycles. The minimum absolute atomic E-state index is 0.153. The maximum atomic E-state index is 12.5. The van der Waals surface area contributed by atoms with Crippen molar-refractivity contribution >= 4 is 29.1 Å². The fourth-order valence-corrected chi connectivity index (χ4v) is 2.45. The normalized spacial score (nSPS) is 22.7. The molecule has 2 atom stereocenters. The average Bonchev–Trinajstić information content (AvgIpc) is 2.43. The molecule has 1 N–H and O–H groups in total. The highest BCUT2D eigenvalue weighted by molar-refractivity contribution is 6.31. The summed E-state index contributed by atoms with van der Waals surface area (Å²) in [6.07, 6.45) is 0.538. The Morgan fingerprint density at radius 2 is 2.10 bits per heavy atom. The standard InChI is InChI=1S/C14H17ClN2O3/c1-4-10-14(19)17(8(2)13(18)16-10)11-7-9(15)5-6-12(11)20-3/h5-8,10H,4H2,1-3H3,(H,16,18). The zero-order chi connectivity index (χ0) is 14.9. The first-order chi connectivity index (χ1) is 9.49. The number of benzene rings is 1. The molecule has 0 saturated carbocycles. The van der Waals surface area contributed by atoms with E-state index in [0.717, 1.165) is 0 Å². The lowest BCUT2D eigenvalue weighted by atomic mass is 10.0. The summed E-state index contributed by atoms with van der Waals surface area (Å²) >= 11 is 6.00. The molecule has 1 aliphatic heterocycles. The molecule has 6 heteroatoms. The van der Waals surface area contributed by atoms with Crippen LogP contribution >= 0.6 is 11.6 Å². The molecule has 1 saturated heterocycles. The van der Waals surface area contributed by atoms with Gasteiger partial charge in [0.1, 0.15) is 17.8 Å². The van der Waals surface area contributed by atoms with E-state index in [1.807, 2.05) is 6.92 Å². The summed E-state index contributed by atoms with van der Waals surface area (Å²) in [5.74, 6) is 0.179. The minimum atomic E-state index is -0.599. The first-order valence-corrected chi connectivity index (χ1v) is 6.84. The van der Waals surface area contributed by atoms with Gasteiger partial charge in [-0.1, -0.05) is 18.5 Å². The van der Waals surface area contributed by atoms with Gasteiger partial charge in [0.25, 0.3) is 0 Å². The van der Waals surface area contributed by atoms with Crippen LogP contribution in [0.25, 0.3) is 0 Å². The van der Waals surface area contributed by atoms with E-state index in [9.17, 15) is 9.59 Å². The van der Waals surface area contributed by atoms with Crippen LogP contribution in [0.5, 0.6) is 5.75 Å². The lowest BCUT2D eigenvalue weighted by Crippen LogP contribution is -2.62. The van der Waals surface area contributed by atoms with Crippen molar-refractivity contribution in [2.45, 2.75) is 32.4 Å². The molecule has 1 fully saturated rings. The van der Waals surface area contributed by atoms with Crippen molar-refractivity contribution in [1.82, 2.24) is 5.32 Å². The van der Waals surface area contributed by atoms with Crippen LogP contribution in [0, 0.1) is 0 Å². The number of hydrogen-bond donors (Lipinski definition) is 1. The van der Waals surface area contributed by atoms with Gasteiger partial charge in [0, 0.05) is 5.02 Å². The summed E-state index contributed by atoms with van der Waals surface area (Å²) in [6, 6.07) is 3.89. The van der Waals surface area contributed by atoms with E-state index in [-0.39, 0.29) is 11.8 Å². The second kappa shape index (κ2) is 5.71. The molecule has 0 bridgehead atoms.